The average Bonchev–Trinajstić information content (AvgIpc) is 2.60. The topological polar surface area (TPSA) is 63.6 Å². The van der Waals surface area contributed by atoms with E-state index in [0.29, 0.717) is 25.5 Å². The number of aromatic nitrogens is 1. The van der Waals surface area contributed by atoms with Gasteiger partial charge in [0.25, 0.3) is 0 Å². The second-order valence-corrected chi connectivity index (χ2v) is 4.76. The van der Waals surface area contributed by atoms with Crippen LogP contribution in [0, 0.1) is 12.3 Å². The fraction of sp³-hybridized carbons (Fsp3) is 0.278. The van der Waals surface area contributed by atoms with Gasteiger partial charge in [-0.2, -0.15) is 0 Å². The molecule has 0 amide bonds. The number of aliphatic hydroxyl groups is 1. The van der Waals surface area contributed by atoms with Crippen molar-refractivity contribution >= 4 is 5.69 Å². The maximum absolute atomic E-state index is 8.69. The molecule has 0 spiro atoms. The molecule has 120 valence electrons. The van der Waals surface area contributed by atoms with Crippen LogP contribution in [0.5, 0.6) is 11.6 Å². The second-order valence-electron chi connectivity index (χ2n) is 4.76. The van der Waals surface area contributed by atoms with Crippen LogP contribution >= 0.6 is 0 Å². The highest BCUT2D eigenvalue weighted by molar-refractivity contribution is 5.43. The summed E-state index contributed by atoms with van der Waals surface area (Å²) in [6.45, 7) is 1.44. The van der Waals surface area contributed by atoms with Gasteiger partial charge in [0.05, 0.1) is 25.1 Å². The van der Waals surface area contributed by atoms with Crippen molar-refractivity contribution in [2.45, 2.75) is 13.0 Å². The molecule has 1 heterocycles. The third-order valence-corrected chi connectivity index (χ3v) is 3.01. The Morgan fingerprint density at radius 1 is 1.09 bits per heavy atom. The first-order valence-electron chi connectivity index (χ1n) is 7.40. The third-order valence-electron chi connectivity index (χ3n) is 3.01. The molecule has 23 heavy (non-hydrogen) atoms. The van der Waals surface area contributed by atoms with Crippen LogP contribution in [0.1, 0.15) is 12.0 Å². The molecule has 0 aliphatic carbocycles. The van der Waals surface area contributed by atoms with Crippen LogP contribution in [0.25, 0.3) is 0 Å². The van der Waals surface area contributed by atoms with E-state index in [0.717, 1.165) is 17.0 Å². The van der Waals surface area contributed by atoms with Crippen molar-refractivity contribution < 1.29 is 14.6 Å². The maximum atomic E-state index is 8.69. The fourth-order valence-corrected chi connectivity index (χ4v) is 1.86. The van der Waals surface area contributed by atoms with E-state index < -0.39 is 0 Å². The molecule has 1 aromatic carbocycles. The highest BCUT2D eigenvalue weighted by atomic mass is 16.5. The number of terminal acetylenes is 1. The minimum atomic E-state index is -0.0237. The number of hydrogen-bond donors (Lipinski definition) is 2. The first-order chi connectivity index (χ1) is 11.3. The Bertz CT molecular complexity index is 618. The fourth-order valence-electron chi connectivity index (χ4n) is 1.86. The SMILES string of the molecule is C#CCCOc1ccc(CNc2ccc(OCCO)nc2)cc1. The van der Waals surface area contributed by atoms with Crippen LogP contribution < -0.4 is 14.8 Å². The molecule has 0 fully saturated rings. The van der Waals surface area contributed by atoms with Crippen LogP contribution in [0.3, 0.4) is 0 Å². The van der Waals surface area contributed by atoms with Crippen molar-refractivity contribution in [3.63, 3.8) is 0 Å². The Labute approximate surface area is 136 Å². The Kier molecular flexibility index (Phi) is 6.76. The monoisotopic (exact) mass is 312 g/mol. The molecule has 2 N–H and O–H groups in total. The van der Waals surface area contributed by atoms with Gasteiger partial charge in [-0.3, -0.25) is 0 Å². The summed E-state index contributed by atoms with van der Waals surface area (Å²) in [6, 6.07) is 11.5. The van der Waals surface area contributed by atoms with Gasteiger partial charge in [-0.15, -0.1) is 12.3 Å². The summed E-state index contributed by atoms with van der Waals surface area (Å²) in [5.74, 6) is 3.85. The van der Waals surface area contributed by atoms with Gasteiger partial charge in [0.15, 0.2) is 0 Å². The summed E-state index contributed by atoms with van der Waals surface area (Å²) in [4.78, 5) is 4.15. The van der Waals surface area contributed by atoms with E-state index in [-0.39, 0.29) is 13.2 Å². The van der Waals surface area contributed by atoms with Gasteiger partial charge in [0.1, 0.15) is 12.4 Å². The summed E-state index contributed by atoms with van der Waals surface area (Å²) in [7, 11) is 0. The van der Waals surface area contributed by atoms with E-state index in [2.05, 4.69) is 16.2 Å². The zero-order valence-electron chi connectivity index (χ0n) is 12.9. The summed E-state index contributed by atoms with van der Waals surface area (Å²) in [5, 5.41) is 12.0. The highest BCUT2D eigenvalue weighted by Gasteiger charge is 1.99. The molecule has 2 aromatic rings. The predicted molar refractivity (Wildman–Crippen MR) is 89.5 cm³/mol. The van der Waals surface area contributed by atoms with Gasteiger partial charge in [-0.1, -0.05) is 12.1 Å². The molecule has 0 bridgehead atoms. The smallest absolute Gasteiger partial charge is 0.213 e. The summed E-state index contributed by atoms with van der Waals surface area (Å²) >= 11 is 0. The van der Waals surface area contributed by atoms with Crippen molar-refractivity contribution in [3.8, 4) is 24.0 Å². The van der Waals surface area contributed by atoms with Gasteiger partial charge in [0, 0.05) is 19.0 Å². The molecular weight excluding hydrogens is 292 g/mol. The number of anilines is 1. The number of pyridine rings is 1. The van der Waals surface area contributed by atoms with E-state index in [1.165, 1.54) is 0 Å². The molecule has 0 saturated heterocycles. The minimum Gasteiger partial charge on any atom is -0.493 e. The van der Waals surface area contributed by atoms with Gasteiger partial charge in [-0.25, -0.2) is 4.98 Å². The zero-order chi connectivity index (χ0) is 16.3. The van der Waals surface area contributed by atoms with Crippen LogP contribution in [0.4, 0.5) is 5.69 Å². The van der Waals surface area contributed by atoms with Crippen LogP contribution in [-0.4, -0.2) is 29.9 Å². The molecule has 0 aliphatic rings. The Balaban J connectivity index is 1.80. The van der Waals surface area contributed by atoms with Crippen molar-refractivity contribution in [1.29, 1.82) is 0 Å². The summed E-state index contributed by atoms with van der Waals surface area (Å²) in [6.07, 6.45) is 7.49. The van der Waals surface area contributed by atoms with E-state index in [1.54, 1.807) is 12.3 Å². The van der Waals surface area contributed by atoms with E-state index in [4.69, 9.17) is 21.0 Å². The zero-order valence-corrected chi connectivity index (χ0v) is 12.9. The van der Waals surface area contributed by atoms with Crippen molar-refractivity contribution in [3.05, 3.63) is 48.2 Å². The lowest BCUT2D eigenvalue weighted by Gasteiger charge is -2.09. The number of rotatable bonds is 9. The number of aliphatic hydroxyl groups excluding tert-OH is 1. The van der Waals surface area contributed by atoms with Crippen LogP contribution in [-0.2, 0) is 6.54 Å². The van der Waals surface area contributed by atoms with Crippen LogP contribution in [0.15, 0.2) is 42.6 Å². The van der Waals surface area contributed by atoms with Gasteiger partial charge in [0.2, 0.25) is 5.88 Å². The van der Waals surface area contributed by atoms with Gasteiger partial charge >= 0.3 is 0 Å². The molecule has 1 aromatic heterocycles. The van der Waals surface area contributed by atoms with Gasteiger partial charge in [-0.05, 0) is 23.8 Å². The number of benzene rings is 1. The molecule has 2 rings (SSSR count). The number of nitrogens with zero attached hydrogens (tertiary/aromatic N) is 1. The summed E-state index contributed by atoms with van der Waals surface area (Å²) in [5.41, 5.74) is 2.03. The number of hydrogen-bond acceptors (Lipinski definition) is 5. The third kappa shape index (κ3) is 5.89. The average molecular weight is 312 g/mol. The molecule has 5 heteroatoms. The maximum Gasteiger partial charge on any atom is 0.213 e. The van der Waals surface area contributed by atoms with Gasteiger partial charge < -0.3 is 19.9 Å². The standard InChI is InChI=1S/C18H20N2O3/c1-2-3-11-22-17-7-4-15(5-8-17)13-19-16-6-9-18(20-14-16)23-12-10-21/h1,4-9,14,19,21H,3,10-13H2. The molecule has 5 nitrogen and oxygen atoms in total. The highest BCUT2D eigenvalue weighted by Crippen LogP contribution is 2.15. The molecule has 0 aliphatic heterocycles. The summed E-state index contributed by atoms with van der Waals surface area (Å²) < 4.78 is 10.7. The van der Waals surface area contributed by atoms with E-state index in [1.807, 2.05) is 30.3 Å². The second kappa shape index (κ2) is 9.34. The van der Waals surface area contributed by atoms with Crippen LogP contribution in [0.2, 0.25) is 0 Å². The quantitative estimate of drug-likeness (QED) is 0.550. The van der Waals surface area contributed by atoms with E-state index >= 15 is 0 Å². The Hall–Kier alpha value is -2.71. The normalized spacial score (nSPS) is 9.91. The lowest BCUT2D eigenvalue weighted by Crippen LogP contribution is -2.04. The molecule has 0 atom stereocenters. The van der Waals surface area contributed by atoms with E-state index in [9.17, 15) is 0 Å². The predicted octanol–water partition coefficient (Wildman–Crippen LogP) is 2.47. The lowest BCUT2D eigenvalue weighted by molar-refractivity contribution is 0.196. The number of ether oxygens (including phenoxy) is 2. The molecule has 0 radical (unpaired) electrons. The first-order valence-corrected chi connectivity index (χ1v) is 7.40. The van der Waals surface area contributed by atoms with Crippen molar-refractivity contribution in [2.24, 2.45) is 0 Å². The number of nitrogens with one attached hydrogen (secondary N) is 1. The largest absolute Gasteiger partial charge is 0.493 e. The lowest BCUT2D eigenvalue weighted by atomic mass is 10.2. The molecule has 0 unspecified atom stereocenters. The minimum absolute atomic E-state index is 0.0237. The first kappa shape index (κ1) is 16.7. The molecule has 0 saturated carbocycles. The Morgan fingerprint density at radius 2 is 1.91 bits per heavy atom. The van der Waals surface area contributed by atoms with Crippen molar-refractivity contribution in [1.82, 2.24) is 4.98 Å². The Morgan fingerprint density at radius 3 is 2.57 bits per heavy atom. The van der Waals surface area contributed by atoms with Crippen molar-refractivity contribution in [2.75, 3.05) is 25.1 Å². The molecular formula is C18H20N2O3.